The quantitative estimate of drug-likeness (QED) is 0.648. The van der Waals surface area contributed by atoms with Crippen molar-refractivity contribution >= 4 is 28.9 Å². The van der Waals surface area contributed by atoms with Crippen molar-refractivity contribution in [2.45, 2.75) is 26.2 Å². The molecule has 0 aliphatic carbocycles. The number of carbonyl (C=O) groups excluding carboxylic acids is 1. The van der Waals surface area contributed by atoms with Crippen LogP contribution in [0.1, 0.15) is 36.7 Å². The van der Waals surface area contributed by atoms with Crippen LogP contribution in [0.5, 0.6) is 0 Å². The third-order valence-electron chi connectivity index (χ3n) is 3.42. The van der Waals surface area contributed by atoms with Crippen LogP contribution in [-0.2, 0) is 5.41 Å². The van der Waals surface area contributed by atoms with E-state index in [-0.39, 0.29) is 21.7 Å². The number of hydrogen-bond acceptors (Lipinski definition) is 3. The highest BCUT2D eigenvalue weighted by atomic mass is 35.5. The molecule has 0 unspecified atom stereocenters. The number of anilines is 1. The highest BCUT2D eigenvalue weighted by molar-refractivity contribution is 6.34. The molecule has 0 saturated heterocycles. The molecule has 6 heteroatoms. The second-order valence-corrected chi connectivity index (χ2v) is 6.61. The first-order chi connectivity index (χ1) is 10.7. The lowest BCUT2D eigenvalue weighted by Crippen LogP contribution is -2.14. The third-order valence-corrected chi connectivity index (χ3v) is 3.73. The van der Waals surface area contributed by atoms with Gasteiger partial charge >= 0.3 is 0 Å². The van der Waals surface area contributed by atoms with Crippen LogP contribution in [0, 0.1) is 10.1 Å². The number of non-ortho nitro benzene ring substituents is 1. The Hall–Kier alpha value is -2.40. The summed E-state index contributed by atoms with van der Waals surface area (Å²) in [6.45, 7) is 6.33. The van der Waals surface area contributed by atoms with Gasteiger partial charge in [-0.2, -0.15) is 0 Å². The molecule has 0 radical (unpaired) electrons. The average molecular weight is 333 g/mol. The molecule has 0 bridgehead atoms. The second kappa shape index (κ2) is 6.38. The van der Waals surface area contributed by atoms with Crippen molar-refractivity contribution in [1.82, 2.24) is 0 Å². The fraction of sp³-hybridized carbons (Fsp3) is 0.235. The van der Waals surface area contributed by atoms with Crippen molar-refractivity contribution in [3.05, 3.63) is 68.7 Å². The second-order valence-electron chi connectivity index (χ2n) is 6.20. The Labute approximate surface area is 139 Å². The number of nitrogens with one attached hydrogen (secondary N) is 1. The average Bonchev–Trinajstić information content (AvgIpc) is 2.46. The number of amides is 1. The first kappa shape index (κ1) is 17.0. The molecular formula is C17H17ClN2O3. The van der Waals surface area contributed by atoms with Crippen LogP contribution in [0.2, 0.25) is 5.02 Å². The third kappa shape index (κ3) is 4.07. The van der Waals surface area contributed by atoms with Crippen LogP contribution in [0.15, 0.2) is 42.5 Å². The summed E-state index contributed by atoms with van der Waals surface area (Å²) >= 11 is 5.95. The number of nitrogens with zero attached hydrogens (tertiary/aromatic N) is 1. The topological polar surface area (TPSA) is 72.2 Å². The Morgan fingerprint density at radius 2 is 1.74 bits per heavy atom. The molecule has 1 N–H and O–H groups in total. The van der Waals surface area contributed by atoms with Crippen molar-refractivity contribution in [3.63, 3.8) is 0 Å². The van der Waals surface area contributed by atoms with Gasteiger partial charge in [-0.1, -0.05) is 44.5 Å². The van der Waals surface area contributed by atoms with E-state index in [9.17, 15) is 14.9 Å². The Morgan fingerprint density at radius 1 is 1.13 bits per heavy atom. The summed E-state index contributed by atoms with van der Waals surface area (Å²) in [5.41, 5.74) is 1.86. The molecule has 0 spiro atoms. The normalized spacial score (nSPS) is 11.1. The first-order valence-corrected chi connectivity index (χ1v) is 7.42. The number of benzene rings is 2. The van der Waals surface area contributed by atoms with E-state index in [2.05, 4.69) is 26.1 Å². The van der Waals surface area contributed by atoms with Gasteiger partial charge in [0.25, 0.3) is 11.6 Å². The van der Waals surface area contributed by atoms with E-state index in [1.807, 2.05) is 24.3 Å². The molecule has 1 amide bonds. The minimum absolute atomic E-state index is 0.0320. The minimum Gasteiger partial charge on any atom is -0.322 e. The van der Waals surface area contributed by atoms with E-state index in [1.54, 1.807) is 0 Å². The zero-order valence-electron chi connectivity index (χ0n) is 13.1. The monoisotopic (exact) mass is 332 g/mol. The van der Waals surface area contributed by atoms with Crippen LogP contribution in [0.3, 0.4) is 0 Å². The highest BCUT2D eigenvalue weighted by Crippen LogP contribution is 2.25. The summed E-state index contributed by atoms with van der Waals surface area (Å²) < 4.78 is 0. The number of halogens is 1. The molecule has 0 fully saturated rings. The van der Waals surface area contributed by atoms with Gasteiger partial charge in [-0.3, -0.25) is 14.9 Å². The van der Waals surface area contributed by atoms with Crippen molar-refractivity contribution < 1.29 is 9.72 Å². The summed E-state index contributed by atoms with van der Waals surface area (Å²) in [4.78, 5) is 22.4. The molecular weight excluding hydrogens is 316 g/mol. The van der Waals surface area contributed by atoms with Gasteiger partial charge in [-0.05, 0) is 29.2 Å². The maximum atomic E-state index is 12.2. The van der Waals surface area contributed by atoms with Crippen LogP contribution in [0.25, 0.3) is 0 Å². The molecule has 0 heterocycles. The Balaban J connectivity index is 2.17. The SMILES string of the molecule is CC(C)(C)c1ccc(NC(=O)c2ccc([N+](=O)[O-])cc2Cl)cc1. The van der Waals surface area contributed by atoms with E-state index in [0.717, 1.165) is 5.56 Å². The van der Waals surface area contributed by atoms with Crippen molar-refractivity contribution in [1.29, 1.82) is 0 Å². The largest absolute Gasteiger partial charge is 0.322 e. The van der Waals surface area contributed by atoms with E-state index in [1.165, 1.54) is 18.2 Å². The van der Waals surface area contributed by atoms with E-state index in [4.69, 9.17) is 11.6 Å². The molecule has 0 saturated carbocycles. The van der Waals surface area contributed by atoms with E-state index >= 15 is 0 Å². The zero-order chi connectivity index (χ0) is 17.2. The fourth-order valence-corrected chi connectivity index (χ4v) is 2.31. The lowest BCUT2D eigenvalue weighted by molar-refractivity contribution is -0.384. The number of rotatable bonds is 3. The predicted molar refractivity (Wildman–Crippen MR) is 91.2 cm³/mol. The maximum absolute atomic E-state index is 12.2. The standard InChI is InChI=1S/C17H17ClN2O3/c1-17(2,3)11-4-6-12(7-5-11)19-16(21)14-9-8-13(20(22)23)10-15(14)18/h4-10H,1-3H3,(H,19,21). The molecule has 23 heavy (non-hydrogen) atoms. The summed E-state index contributed by atoms with van der Waals surface area (Å²) in [6, 6.07) is 11.3. The number of nitro benzene ring substituents is 1. The lowest BCUT2D eigenvalue weighted by atomic mass is 9.87. The molecule has 0 aromatic heterocycles. The lowest BCUT2D eigenvalue weighted by Gasteiger charge is -2.19. The van der Waals surface area contributed by atoms with Crippen LogP contribution < -0.4 is 5.32 Å². The predicted octanol–water partition coefficient (Wildman–Crippen LogP) is 4.80. The van der Waals surface area contributed by atoms with Gasteiger partial charge < -0.3 is 5.32 Å². The Bertz CT molecular complexity index is 749. The molecule has 2 rings (SSSR count). The van der Waals surface area contributed by atoms with Gasteiger partial charge in [0.05, 0.1) is 15.5 Å². The summed E-state index contributed by atoms with van der Waals surface area (Å²) in [5.74, 6) is -0.409. The van der Waals surface area contributed by atoms with Gasteiger partial charge in [0.1, 0.15) is 0 Å². The van der Waals surface area contributed by atoms with Crippen LogP contribution >= 0.6 is 11.6 Å². The molecule has 0 atom stereocenters. The summed E-state index contributed by atoms with van der Waals surface area (Å²) in [5, 5.41) is 13.5. The molecule has 0 aliphatic rings. The fourth-order valence-electron chi connectivity index (χ4n) is 2.05. The van der Waals surface area contributed by atoms with Crippen LogP contribution in [-0.4, -0.2) is 10.8 Å². The summed E-state index contributed by atoms with van der Waals surface area (Å²) in [6.07, 6.45) is 0. The number of carbonyl (C=O) groups is 1. The van der Waals surface area contributed by atoms with Gasteiger partial charge in [0.15, 0.2) is 0 Å². The molecule has 0 aliphatic heterocycles. The minimum atomic E-state index is -0.557. The molecule has 120 valence electrons. The van der Waals surface area contributed by atoms with Gasteiger partial charge in [-0.25, -0.2) is 0 Å². The first-order valence-electron chi connectivity index (χ1n) is 7.04. The van der Waals surface area contributed by atoms with Crippen molar-refractivity contribution in [2.24, 2.45) is 0 Å². The van der Waals surface area contributed by atoms with Gasteiger partial charge in [0.2, 0.25) is 0 Å². The van der Waals surface area contributed by atoms with Gasteiger partial charge in [0, 0.05) is 17.8 Å². The Kier molecular flexibility index (Phi) is 4.71. The molecule has 5 nitrogen and oxygen atoms in total. The van der Waals surface area contributed by atoms with Crippen molar-refractivity contribution in [2.75, 3.05) is 5.32 Å². The smallest absolute Gasteiger partial charge is 0.270 e. The molecule has 2 aromatic rings. The van der Waals surface area contributed by atoms with Crippen molar-refractivity contribution in [3.8, 4) is 0 Å². The Morgan fingerprint density at radius 3 is 2.22 bits per heavy atom. The van der Waals surface area contributed by atoms with E-state index in [0.29, 0.717) is 5.69 Å². The van der Waals surface area contributed by atoms with E-state index < -0.39 is 10.8 Å². The van der Waals surface area contributed by atoms with Gasteiger partial charge in [-0.15, -0.1) is 0 Å². The number of nitro groups is 1. The highest BCUT2D eigenvalue weighted by Gasteiger charge is 2.16. The maximum Gasteiger partial charge on any atom is 0.270 e. The molecule has 2 aromatic carbocycles. The number of hydrogen-bond donors (Lipinski definition) is 1. The zero-order valence-corrected chi connectivity index (χ0v) is 13.8. The summed E-state index contributed by atoms with van der Waals surface area (Å²) in [7, 11) is 0. The van der Waals surface area contributed by atoms with Crippen LogP contribution in [0.4, 0.5) is 11.4 Å².